The van der Waals surface area contributed by atoms with Crippen LogP contribution < -0.4 is 10.3 Å². The number of nitrogens with zero attached hydrogens (tertiary/aromatic N) is 4. The van der Waals surface area contributed by atoms with E-state index in [1.165, 1.54) is 32.4 Å². The maximum Gasteiger partial charge on any atom is 0.415 e. The highest BCUT2D eigenvalue weighted by Crippen LogP contribution is 2.41. The molecule has 5 N–H and O–H groups in total. The van der Waals surface area contributed by atoms with Crippen LogP contribution in [0.3, 0.4) is 0 Å². The molecule has 2 fully saturated rings. The van der Waals surface area contributed by atoms with Crippen molar-refractivity contribution in [1.29, 1.82) is 0 Å². The molecule has 56 heavy (non-hydrogen) atoms. The van der Waals surface area contributed by atoms with Crippen LogP contribution in [-0.2, 0) is 49.1 Å². The third kappa shape index (κ3) is 7.70. The molecule has 1 atom stereocenters. The van der Waals surface area contributed by atoms with Gasteiger partial charge in [0.25, 0.3) is 5.56 Å². The van der Waals surface area contributed by atoms with E-state index in [0.29, 0.717) is 60.4 Å². The number of amides is 1. The van der Waals surface area contributed by atoms with Crippen LogP contribution in [-0.4, -0.2) is 113 Å². The highest BCUT2D eigenvalue weighted by atomic mass is 16.6. The van der Waals surface area contributed by atoms with Crippen LogP contribution in [0.1, 0.15) is 87.5 Å². The van der Waals surface area contributed by atoms with E-state index < -0.39 is 47.9 Å². The van der Waals surface area contributed by atoms with Gasteiger partial charge in [0, 0.05) is 35.6 Å². The molecule has 0 unspecified atom stereocenters. The molecule has 4 aliphatic rings. The first-order valence-corrected chi connectivity index (χ1v) is 18.8. The van der Waals surface area contributed by atoms with Gasteiger partial charge in [-0.05, 0) is 81.4 Å². The molecule has 1 aromatic carbocycles. The van der Waals surface area contributed by atoms with Crippen molar-refractivity contribution in [2.75, 3.05) is 26.2 Å². The molecule has 300 valence electrons. The predicted molar refractivity (Wildman–Crippen MR) is 197 cm³/mol. The molecule has 0 radical (unpaired) electrons. The number of aryl methyl sites for hydroxylation is 1. The Morgan fingerprint density at radius 3 is 2.20 bits per heavy atom. The zero-order valence-electron chi connectivity index (χ0n) is 31.3. The Labute approximate surface area is 321 Å². The number of carbonyl (C=O) groups excluding carboxylic acids is 2. The molecule has 6 heterocycles. The zero-order valence-corrected chi connectivity index (χ0v) is 31.3. The number of carboxylic acid groups (broad SMARTS) is 3. The standard InChI is InChI=1S/C33H38N4O6.C6H8O7/c1-3-22-23-16-21(43-32(40)36-14-10-20(11-15-36)35-12-6-5-7-13-35)8-9-27(23)34-29-24(22)18-37-28(29)17-26-25(30(37)38)19-42-31(39)33(26,41)4-2;7-3(8)1-6(13,5(11)12)2-4(9)10/h8-9,16-17,20,41H,3-7,10-15,18-19H2,1-2H3;13H,1-2H2,(H,7,8)(H,9,10)(H,11,12)/t33-;/m0./s1. The van der Waals surface area contributed by atoms with Crippen LogP contribution >= 0.6 is 0 Å². The Balaban J connectivity index is 0.000000353. The molecule has 0 spiro atoms. The average molecular weight is 779 g/mol. The van der Waals surface area contributed by atoms with Gasteiger partial charge in [0.05, 0.1) is 41.9 Å². The normalized spacial score (nSPS) is 19.6. The van der Waals surface area contributed by atoms with Gasteiger partial charge >= 0.3 is 30.0 Å². The minimum absolute atomic E-state index is 0.0951. The fraction of sp³-hybridized carbons (Fsp3) is 0.513. The number of cyclic esters (lactones) is 1. The lowest BCUT2D eigenvalue weighted by Crippen LogP contribution is -2.48. The number of likely N-dealkylation sites (tertiary alicyclic amines) is 2. The summed E-state index contributed by atoms with van der Waals surface area (Å²) in [6, 6.07) is 7.77. The Kier molecular flexibility index (Phi) is 11.5. The van der Waals surface area contributed by atoms with Crippen molar-refractivity contribution in [3.05, 3.63) is 56.9 Å². The minimum atomic E-state index is -2.74. The number of fused-ring (bicyclic) bond motifs is 5. The van der Waals surface area contributed by atoms with Gasteiger partial charge in [0.15, 0.2) is 11.2 Å². The number of ether oxygens (including phenoxy) is 2. The number of carbonyl (C=O) groups is 5. The van der Waals surface area contributed by atoms with Gasteiger partial charge in [-0.3, -0.25) is 14.4 Å². The van der Waals surface area contributed by atoms with Crippen LogP contribution in [0.15, 0.2) is 29.1 Å². The van der Waals surface area contributed by atoms with E-state index in [2.05, 4.69) is 11.8 Å². The van der Waals surface area contributed by atoms with E-state index >= 15 is 0 Å². The molecule has 3 aromatic rings. The number of esters is 1. The highest BCUT2D eigenvalue weighted by Gasteiger charge is 2.46. The third-order valence-electron chi connectivity index (χ3n) is 11.3. The van der Waals surface area contributed by atoms with Crippen molar-refractivity contribution >= 4 is 40.9 Å². The summed E-state index contributed by atoms with van der Waals surface area (Å²) < 4.78 is 12.7. The number of carboxylic acids is 3. The Hall–Kier alpha value is -5.39. The Bertz CT molecular complexity index is 2120. The van der Waals surface area contributed by atoms with Crippen molar-refractivity contribution in [2.45, 2.75) is 102 Å². The van der Waals surface area contributed by atoms with E-state index in [1.54, 1.807) is 23.6 Å². The minimum Gasteiger partial charge on any atom is -0.481 e. The van der Waals surface area contributed by atoms with Gasteiger partial charge in [0.2, 0.25) is 0 Å². The van der Waals surface area contributed by atoms with E-state index in [4.69, 9.17) is 34.9 Å². The first kappa shape index (κ1) is 40.3. The van der Waals surface area contributed by atoms with Crippen molar-refractivity contribution < 1.29 is 59.0 Å². The van der Waals surface area contributed by atoms with Gasteiger partial charge in [-0.25, -0.2) is 19.4 Å². The molecule has 1 amide bonds. The maximum atomic E-state index is 13.6. The van der Waals surface area contributed by atoms with Crippen LogP contribution in [0, 0.1) is 0 Å². The number of benzene rings is 1. The number of aromatic nitrogens is 2. The van der Waals surface area contributed by atoms with E-state index in [1.807, 2.05) is 17.0 Å². The molecule has 17 heteroatoms. The van der Waals surface area contributed by atoms with Gasteiger partial charge in [0.1, 0.15) is 12.4 Å². The molecule has 4 aliphatic heterocycles. The summed E-state index contributed by atoms with van der Waals surface area (Å²) >= 11 is 0. The second-order valence-electron chi connectivity index (χ2n) is 14.7. The number of hydrogen-bond acceptors (Lipinski definition) is 12. The van der Waals surface area contributed by atoms with Crippen molar-refractivity contribution in [3.63, 3.8) is 0 Å². The molecule has 0 bridgehead atoms. The summed E-state index contributed by atoms with van der Waals surface area (Å²) in [7, 11) is 0. The third-order valence-corrected chi connectivity index (χ3v) is 11.3. The lowest BCUT2D eigenvalue weighted by Gasteiger charge is -2.39. The first-order valence-electron chi connectivity index (χ1n) is 18.8. The summed E-state index contributed by atoms with van der Waals surface area (Å²) in [6.45, 7) is 7.65. The lowest BCUT2D eigenvalue weighted by atomic mass is 9.86. The molecule has 0 saturated carbocycles. The monoisotopic (exact) mass is 778 g/mol. The van der Waals surface area contributed by atoms with Crippen molar-refractivity contribution in [1.82, 2.24) is 19.4 Å². The van der Waals surface area contributed by atoms with Crippen molar-refractivity contribution in [2.24, 2.45) is 0 Å². The number of aliphatic hydroxyl groups is 2. The van der Waals surface area contributed by atoms with E-state index in [-0.39, 0.29) is 24.7 Å². The highest BCUT2D eigenvalue weighted by molar-refractivity contribution is 5.91. The van der Waals surface area contributed by atoms with Gasteiger partial charge in [-0.2, -0.15) is 0 Å². The maximum absolute atomic E-state index is 13.6. The number of aliphatic carboxylic acids is 3. The fourth-order valence-corrected chi connectivity index (χ4v) is 8.18. The molecule has 7 rings (SSSR count). The smallest absolute Gasteiger partial charge is 0.415 e. The number of pyridine rings is 2. The first-order chi connectivity index (χ1) is 26.6. The van der Waals surface area contributed by atoms with Gasteiger partial charge in [-0.1, -0.05) is 20.3 Å². The fourth-order valence-electron chi connectivity index (χ4n) is 8.18. The second kappa shape index (κ2) is 16.0. The molecule has 0 aliphatic carbocycles. The summed E-state index contributed by atoms with van der Waals surface area (Å²) in [5.41, 5.74) is -0.354. The summed E-state index contributed by atoms with van der Waals surface area (Å²) in [4.78, 5) is 79.0. The van der Waals surface area contributed by atoms with E-state index in [9.17, 15) is 33.9 Å². The average Bonchev–Trinajstić information content (AvgIpc) is 3.54. The molecule has 2 aromatic heterocycles. The van der Waals surface area contributed by atoms with E-state index in [0.717, 1.165) is 34.9 Å². The SMILES string of the molecule is CCc1c2c(nc3ccc(OC(=O)N4CCC(N5CCCCC5)CC4)cc13)-c1cc3c(c(=O)n1C2)COC(=O)[C@]3(O)CC.O=C(O)CC(O)(CC(=O)O)C(=O)O. The summed E-state index contributed by atoms with van der Waals surface area (Å²) in [6.07, 6.45) is 3.97. The van der Waals surface area contributed by atoms with Crippen LogP contribution in [0.4, 0.5) is 4.79 Å². The largest absolute Gasteiger partial charge is 0.481 e. The zero-order chi connectivity index (χ0) is 40.5. The predicted octanol–water partition coefficient (Wildman–Crippen LogP) is 2.84. The van der Waals surface area contributed by atoms with Crippen molar-refractivity contribution in [3.8, 4) is 17.1 Å². The number of rotatable bonds is 9. The van der Waals surface area contributed by atoms with Crippen LogP contribution in [0.2, 0.25) is 0 Å². The number of piperidine rings is 2. The molecule has 17 nitrogen and oxygen atoms in total. The molecule has 2 saturated heterocycles. The second-order valence-corrected chi connectivity index (χ2v) is 14.7. The molecular formula is C39H46N4O13. The van der Waals surface area contributed by atoms with Crippen LogP contribution in [0.25, 0.3) is 22.3 Å². The topological polar surface area (TPSA) is 246 Å². The van der Waals surface area contributed by atoms with Crippen LogP contribution in [0.5, 0.6) is 5.75 Å². The summed E-state index contributed by atoms with van der Waals surface area (Å²) in [5.74, 6) is -5.28. The Morgan fingerprint density at radius 2 is 1.61 bits per heavy atom. The number of hydrogen-bond donors (Lipinski definition) is 5. The summed E-state index contributed by atoms with van der Waals surface area (Å²) in [5, 5.41) is 45.8. The van der Waals surface area contributed by atoms with Gasteiger partial charge < -0.3 is 49.4 Å². The lowest BCUT2D eigenvalue weighted by molar-refractivity contribution is -0.172. The molecular weight excluding hydrogens is 732 g/mol. The Morgan fingerprint density at radius 1 is 0.946 bits per heavy atom. The quantitative estimate of drug-likeness (QED) is 0.153. The van der Waals surface area contributed by atoms with Gasteiger partial charge in [-0.15, -0.1) is 0 Å².